The van der Waals surface area contributed by atoms with Gasteiger partial charge in [0.1, 0.15) is 0 Å². The predicted molar refractivity (Wildman–Crippen MR) is 67.7 cm³/mol. The first-order chi connectivity index (χ1) is 8.08. The molecule has 4 heteroatoms. The molecule has 1 aliphatic carbocycles. The van der Waals surface area contributed by atoms with Gasteiger partial charge >= 0.3 is 0 Å². The van der Waals surface area contributed by atoms with E-state index in [1.54, 1.807) is 0 Å². The van der Waals surface area contributed by atoms with Crippen molar-refractivity contribution >= 4 is 0 Å². The molecule has 3 atom stereocenters. The average Bonchev–Trinajstić information content (AvgIpc) is 2.81. The molecule has 96 valence electrons. The number of rotatable bonds is 4. The molecule has 2 N–H and O–H groups in total. The molecule has 2 rings (SSSR count). The molecule has 0 spiro atoms. The van der Waals surface area contributed by atoms with E-state index in [9.17, 15) is 5.11 Å². The molecule has 0 amide bonds. The SMILES string of the molecule is Cc1nn(C)cc1C(C)NCC1CCCC1O. The van der Waals surface area contributed by atoms with Crippen molar-refractivity contribution < 1.29 is 5.11 Å². The molecule has 1 saturated carbocycles. The molecule has 1 aliphatic rings. The van der Waals surface area contributed by atoms with Gasteiger partial charge in [0.2, 0.25) is 0 Å². The maximum atomic E-state index is 9.77. The van der Waals surface area contributed by atoms with Crippen LogP contribution in [0.3, 0.4) is 0 Å². The van der Waals surface area contributed by atoms with E-state index in [-0.39, 0.29) is 6.10 Å². The van der Waals surface area contributed by atoms with Crippen molar-refractivity contribution in [2.24, 2.45) is 13.0 Å². The van der Waals surface area contributed by atoms with Gasteiger partial charge in [0, 0.05) is 31.4 Å². The molecule has 1 aromatic rings. The van der Waals surface area contributed by atoms with E-state index in [1.807, 2.05) is 18.7 Å². The van der Waals surface area contributed by atoms with Crippen LogP contribution in [0, 0.1) is 12.8 Å². The van der Waals surface area contributed by atoms with Crippen molar-refractivity contribution in [3.63, 3.8) is 0 Å². The van der Waals surface area contributed by atoms with Crippen LogP contribution >= 0.6 is 0 Å². The monoisotopic (exact) mass is 237 g/mol. The summed E-state index contributed by atoms with van der Waals surface area (Å²) in [5.41, 5.74) is 2.33. The third-order valence-electron chi connectivity index (χ3n) is 3.82. The summed E-state index contributed by atoms with van der Waals surface area (Å²) in [4.78, 5) is 0. The fraction of sp³-hybridized carbons (Fsp3) is 0.769. The number of aliphatic hydroxyl groups is 1. The minimum atomic E-state index is -0.107. The summed E-state index contributed by atoms with van der Waals surface area (Å²) >= 11 is 0. The van der Waals surface area contributed by atoms with Crippen LogP contribution in [0.4, 0.5) is 0 Å². The predicted octanol–water partition coefficient (Wildman–Crippen LogP) is 1.54. The highest BCUT2D eigenvalue weighted by atomic mass is 16.3. The van der Waals surface area contributed by atoms with E-state index < -0.39 is 0 Å². The minimum Gasteiger partial charge on any atom is -0.393 e. The largest absolute Gasteiger partial charge is 0.393 e. The van der Waals surface area contributed by atoms with Gasteiger partial charge in [0.15, 0.2) is 0 Å². The Kier molecular flexibility index (Phi) is 3.84. The molecule has 1 aromatic heterocycles. The molecule has 3 unspecified atom stereocenters. The summed E-state index contributed by atoms with van der Waals surface area (Å²) in [5.74, 6) is 0.425. The third-order valence-corrected chi connectivity index (χ3v) is 3.82. The first-order valence-corrected chi connectivity index (χ1v) is 6.49. The number of hydrogen-bond donors (Lipinski definition) is 2. The second-order valence-electron chi connectivity index (χ2n) is 5.23. The number of aromatic nitrogens is 2. The molecular formula is C13H23N3O. The van der Waals surface area contributed by atoms with E-state index >= 15 is 0 Å². The Balaban J connectivity index is 1.88. The van der Waals surface area contributed by atoms with Crippen molar-refractivity contribution in [3.05, 3.63) is 17.5 Å². The zero-order chi connectivity index (χ0) is 12.4. The van der Waals surface area contributed by atoms with E-state index in [1.165, 1.54) is 5.56 Å². The molecule has 17 heavy (non-hydrogen) atoms. The Morgan fingerprint density at radius 3 is 2.88 bits per heavy atom. The Hall–Kier alpha value is -0.870. The Morgan fingerprint density at radius 1 is 1.59 bits per heavy atom. The first-order valence-electron chi connectivity index (χ1n) is 6.49. The topological polar surface area (TPSA) is 50.1 Å². The summed E-state index contributed by atoms with van der Waals surface area (Å²) in [6.45, 7) is 5.10. The zero-order valence-electron chi connectivity index (χ0n) is 11.0. The van der Waals surface area contributed by atoms with Gasteiger partial charge in [-0.3, -0.25) is 4.68 Å². The Labute approximate surface area is 103 Å². The summed E-state index contributed by atoms with van der Waals surface area (Å²) < 4.78 is 1.85. The van der Waals surface area contributed by atoms with Crippen molar-refractivity contribution in [1.29, 1.82) is 0 Å². The molecule has 0 bridgehead atoms. The maximum absolute atomic E-state index is 9.77. The highest BCUT2D eigenvalue weighted by Crippen LogP contribution is 2.25. The molecule has 1 fully saturated rings. The third kappa shape index (κ3) is 2.87. The van der Waals surface area contributed by atoms with Gasteiger partial charge < -0.3 is 10.4 Å². The normalized spacial score (nSPS) is 26.4. The van der Waals surface area contributed by atoms with Crippen LogP contribution in [0.5, 0.6) is 0 Å². The van der Waals surface area contributed by atoms with Gasteiger partial charge in [-0.1, -0.05) is 6.42 Å². The maximum Gasteiger partial charge on any atom is 0.0641 e. The molecule has 0 aliphatic heterocycles. The van der Waals surface area contributed by atoms with Crippen molar-refractivity contribution in [2.75, 3.05) is 6.54 Å². The number of aryl methyl sites for hydroxylation is 2. The van der Waals surface area contributed by atoms with Gasteiger partial charge in [-0.15, -0.1) is 0 Å². The second kappa shape index (κ2) is 5.19. The zero-order valence-corrected chi connectivity index (χ0v) is 11.0. The summed E-state index contributed by atoms with van der Waals surface area (Å²) in [6.07, 6.45) is 5.23. The van der Waals surface area contributed by atoms with E-state index in [2.05, 4.69) is 23.5 Å². The van der Waals surface area contributed by atoms with Gasteiger partial charge in [-0.2, -0.15) is 5.10 Å². The second-order valence-corrected chi connectivity index (χ2v) is 5.23. The van der Waals surface area contributed by atoms with Gasteiger partial charge in [-0.05, 0) is 32.6 Å². The molecule has 1 heterocycles. The lowest BCUT2D eigenvalue weighted by atomic mass is 10.0. The van der Waals surface area contributed by atoms with Crippen LogP contribution in [0.25, 0.3) is 0 Å². The van der Waals surface area contributed by atoms with Crippen molar-refractivity contribution in [2.45, 2.75) is 45.3 Å². The van der Waals surface area contributed by atoms with Gasteiger partial charge in [0.25, 0.3) is 0 Å². The van der Waals surface area contributed by atoms with Crippen LogP contribution < -0.4 is 5.32 Å². The molecule has 0 aromatic carbocycles. The lowest BCUT2D eigenvalue weighted by Crippen LogP contribution is -2.29. The number of aliphatic hydroxyl groups excluding tert-OH is 1. The van der Waals surface area contributed by atoms with E-state index in [0.717, 1.165) is 31.5 Å². The van der Waals surface area contributed by atoms with Crippen molar-refractivity contribution in [3.8, 4) is 0 Å². The Morgan fingerprint density at radius 2 is 2.35 bits per heavy atom. The van der Waals surface area contributed by atoms with Crippen LogP contribution in [0.1, 0.15) is 43.5 Å². The lowest BCUT2D eigenvalue weighted by molar-refractivity contribution is 0.130. The molecule has 0 radical (unpaired) electrons. The minimum absolute atomic E-state index is 0.107. The Bertz CT molecular complexity index is 375. The fourth-order valence-corrected chi connectivity index (χ4v) is 2.74. The van der Waals surface area contributed by atoms with E-state index in [0.29, 0.717) is 12.0 Å². The standard InChI is InChI=1S/C13H23N3O/c1-9(12-8-16(3)15-10(12)2)14-7-11-5-4-6-13(11)17/h8-9,11,13-14,17H,4-7H2,1-3H3. The quantitative estimate of drug-likeness (QED) is 0.835. The molecule has 4 nitrogen and oxygen atoms in total. The molecule has 0 saturated heterocycles. The molecular weight excluding hydrogens is 214 g/mol. The number of nitrogens with one attached hydrogen (secondary N) is 1. The van der Waals surface area contributed by atoms with Crippen LogP contribution in [-0.4, -0.2) is 27.5 Å². The van der Waals surface area contributed by atoms with Crippen LogP contribution in [0.15, 0.2) is 6.20 Å². The highest BCUT2D eigenvalue weighted by Gasteiger charge is 2.25. The van der Waals surface area contributed by atoms with Crippen LogP contribution in [0.2, 0.25) is 0 Å². The number of nitrogens with zero attached hydrogens (tertiary/aromatic N) is 2. The lowest BCUT2D eigenvalue weighted by Gasteiger charge is -2.19. The van der Waals surface area contributed by atoms with E-state index in [4.69, 9.17) is 0 Å². The number of hydrogen-bond acceptors (Lipinski definition) is 3. The smallest absolute Gasteiger partial charge is 0.0641 e. The fourth-order valence-electron chi connectivity index (χ4n) is 2.74. The van der Waals surface area contributed by atoms with Crippen LogP contribution in [-0.2, 0) is 7.05 Å². The highest BCUT2D eigenvalue weighted by molar-refractivity contribution is 5.19. The van der Waals surface area contributed by atoms with Crippen molar-refractivity contribution in [1.82, 2.24) is 15.1 Å². The van der Waals surface area contributed by atoms with Gasteiger partial charge in [0.05, 0.1) is 11.8 Å². The average molecular weight is 237 g/mol. The first kappa shape index (κ1) is 12.6. The van der Waals surface area contributed by atoms with Gasteiger partial charge in [-0.25, -0.2) is 0 Å². The summed E-state index contributed by atoms with van der Waals surface area (Å²) in [5, 5.41) is 17.6. The summed E-state index contributed by atoms with van der Waals surface area (Å²) in [7, 11) is 1.95. The summed E-state index contributed by atoms with van der Waals surface area (Å²) in [6, 6.07) is 0.302.